The number of aromatic nitrogens is 5. The molecule has 7 rings (SSSR count). The van der Waals surface area contributed by atoms with Gasteiger partial charge in [-0.1, -0.05) is 0 Å². The van der Waals surface area contributed by atoms with Crippen LogP contribution in [0, 0.1) is 18.8 Å². The Morgan fingerprint density at radius 1 is 0.827 bits per heavy atom. The number of carbonyl (C=O) groups excluding carboxylic acids is 1. The van der Waals surface area contributed by atoms with Gasteiger partial charge in [0.1, 0.15) is 5.82 Å². The van der Waals surface area contributed by atoms with Crippen LogP contribution in [0.5, 0.6) is 0 Å². The number of rotatable bonds is 11. The molecule has 0 N–H and O–H groups in total. The van der Waals surface area contributed by atoms with Gasteiger partial charge in [0.25, 0.3) is 0 Å². The first kappa shape index (κ1) is 36.0. The molecule has 1 saturated heterocycles. The number of fused-ring (bicyclic) bond motifs is 1. The zero-order valence-electron chi connectivity index (χ0n) is 29.7. The summed E-state index contributed by atoms with van der Waals surface area (Å²) in [4.78, 5) is 32.2. The minimum absolute atomic E-state index is 0.0316. The summed E-state index contributed by atoms with van der Waals surface area (Å²) >= 11 is 0. The summed E-state index contributed by atoms with van der Waals surface area (Å²) in [5.74, 6) is 1.76. The Balaban J connectivity index is 1.35. The van der Waals surface area contributed by atoms with Crippen LogP contribution >= 0.6 is 0 Å². The van der Waals surface area contributed by atoms with Gasteiger partial charge in [0, 0.05) is 50.1 Å². The first-order valence-corrected chi connectivity index (χ1v) is 17.7. The number of anilines is 3. The number of carbonyl (C=O) groups is 1. The first-order chi connectivity index (χ1) is 24.4. The molecule has 2 aliphatic carbocycles. The molecule has 52 heavy (non-hydrogen) atoms. The van der Waals surface area contributed by atoms with E-state index >= 15 is 0 Å². The molecule has 0 spiro atoms. The monoisotopic (exact) mass is 728 g/mol. The van der Waals surface area contributed by atoms with Crippen molar-refractivity contribution in [2.45, 2.75) is 97.2 Å². The molecule has 15 heteroatoms. The van der Waals surface area contributed by atoms with E-state index < -0.39 is 23.5 Å². The van der Waals surface area contributed by atoms with Crippen LogP contribution in [0.4, 0.5) is 43.8 Å². The summed E-state index contributed by atoms with van der Waals surface area (Å²) < 4.78 is 85.5. The van der Waals surface area contributed by atoms with Gasteiger partial charge in [0.15, 0.2) is 5.65 Å². The molecule has 0 radical (unpaired) electrons. The fraction of sp³-hybridized carbons (Fsp3) is 0.541. The van der Waals surface area contributed by atoms with Gasteiger partial charge < -0.3 is 14.7 Å². The maximum absolute atomic E-state index is 13.9. The Morgan fingerprint density at radius 3 is 1.92 bits per heavy atom. The van der Waals surface area contributed by atoms with E-state index in [1.165, 1.54) is 12.4 Å². The van der Waals surface area contributed by atoms with Crippen LogP contribution in [0.25, 0.3) is 11.0 Å². The number of benzene rings is 1. The van der Waals surface area contributed by atoms with Crippen LogP contribution in [0.1, 0.15) is 87.2 Å². The Bertz CT molecular complexity index is 1910. The molecule has 4 aromatic rings. The number of halogens is 6. The minimum atomic E-state index is -5.00. The zero-order chi connectivity index (χ0) is 37.2. The lowest BCUT2D eigenvalue weighted by Crippen LogP contribution is -2.32. The molecular weight excluding hydrogens is 686 g/mol. The van der Waals surface area contributed by atoms with E-state index in [4.69, 9.17) is 10.1 Å². The number of aryl methyl sites for hydroxylation is 1. The molecule has 9 nitrogen and oxygen atoms in total. The van der Waals surface area contributed by atoms with Crippen LogP contribution in [0.2, 0.25) is 0 Å². The van der Waals surface area contributed by atoms with Crippen LogP contribution in [0.3, 0.4) is 0 Å². The molecule has 0 unspecified atom stereocenters. The molecule has 1 aliphatic heterocycles. The van der Waals surface area contributed by atoms with Crippen LogP contribution in [-0.2, 0) is 35.8 Å². The zero-order valence-corrected chi connectivity index (χ0v) is 29.7. The number of hydrogen-bond acceptors (Lipinski definition) is 7. The first-order valence-electron chi connectivity index (χ1n) is 17.7. The second kappa shape index (κ2) is 13.2. The van der Waals surface area contributed by atoms with Crippen molar-refractivity contribution in [3.05, 3.63) is 64.6 Å². The SMILES string of the molecule is Cc1nn(C(C)(C)C)c2nc(N(CC3CC3)CC3CC3)c(CN(Cc3cc(C(F)(F)F)cc(C(F)(F)F)c3)c3ncc(N4CCCC4=O)cn3)cc12. The number of alkyl halides is 6. The van der Waals surface area contributed by atoms with E-state index in [1.54, 1.807) is 9.80 Å². The third-order valence-corrected chi connectivity index (χ3v) is 9.86. The Kier molecular flexibility index (Phi) is 9.13. The van der Waals surface area contributed by atoms with E-state index in [-0.39, 0.29) is 42.1 Å². The van der Waals surface area contributed by atoms with Crippen molar-refractivity contribution in [2.75, 3.05) is 34.3 Å². The van der Waals surface area contributed by atoms with Crippen molar-refractivity contribution < 1.29 is 31.1 Å². The molecule has 2 saturated carbocycles. The van der Waals surface area contributed by atoms with Gasteiger partial charge in [-0.15, -0.1) is 0 Å². The lowest BCUT2D eigenvalue weighted by Gasteiger charge is -2.30. The maximum Gasteiger partial charge on any atom is 0.416 e. The molecule has 3 aromatic heterocycles. The van der Waals surface area contributed by atoms with E-state index in [2.05, 4.69) is 14.9 Å². The van der Waals surface area contributed by atoms with Gasteiger partial charge in [0.05, 0.1) is 40.4 Å². The number of pyridine rings is 1. The van der Waals surface area contributed by atoms with Crippen molar-refractivity contribution in [3.8, 4) is 0 Å². The summed E-state index contributed by atoms with van der Waals surface area (Å²) in [6.07, 6.45) is -1.53. The van der Waals surface area contributed by atoms with E-state index in [0.717, 1.165) is 67.5 Å². The quantitative estimate of drug-likeness (QED) is 0.144. The smallest absolute Gasteiger partial charge is 0.356 e. The molecular formula is C37H42F6N8O. The van der Waals surface area contributed by atoms with Crippen molar-refractivity contribution in [3.63, 3.8) is 0 Å². The van der Waals surface area contributed by atoms with Crippen molar-refractivity contribution in [2.24, 2.45) is 11.8 Å². The Morgan fingerprint density at radius 2 is 1.42 bits per heavy atom. The number of nitrogens with zero attached hydrogens (tertiary/aromatic N) is 8. The normalized spacial score (nSPS) is 17.0. The van der Waals surface area contributed by atoms with Crippen LogP contribution in [-0.4, -0.2) is 50.3 Å². The lowest BCUT2D eigenvalue weighted by molar-refractivity contribution is -0.143. The second-order valence-corrected chi connectivity index (χ2v) is 15.5. The highest BCUT2D eigenvalue weighted by molar-refractivity contribution is 5.95. The molecule has 1 amide bonds. The molecule has 3 aliphatic rings. The van der Waals surface area contributed by atoms with Crippen molar-refractivity contribution in [1.82, 2.24) is 24.7 Å². The van der Waals surface area contributed by atoms with Crippen molar-refractivity contribution in [1.29, 1.82) is 0 Å². The largest absolute Gasteiger partial charge is 0.416 e. The summed E-state index contributed by atoms with van der Waals surface area (Å²) in [6, 6.07) is 3.61. The molecule has 1 aromatic carbocycles. The topological polar surface area (TPSA) is 83.3 Å². The van der Waals surface area contributed by atoms with Gasteiger partial charge in [0.2, 0.25) is 11.9 Å². The third kappa shape index (κ3) is 7.82. The fourth-order valence-electron chi connectivity index (χ4n) is 6.82. The molecule has 278 valence electrons. The lowest BCUT2D eigenvalue weighted by atomic mass is 10.0. The fourth-order valence-corrected chi connectivity index (χ4v) is 6.82. The standard InChI is InChI=1S/C37H42F6N8O/c1-22-30-14-26(32(46-33(30)51(47-22)35(2,3)4)48(18-23-7-8-23)19-24-9-10-24)21-49(34-44-16-29(17-45-34)50-11-5-6-31(50)52)20-25-12-27(36(38,39)40)15-28(13-25)37(41,42)43/h12-17,23-24H,5-11,18-21H2,1-4H3. The molecule has 4 heterocycles. The average Bonchev–Trinajstić information content (AvgIpc) is 4.00. The summed E-state index contributed by atoms with van der Waals surface area (Å²) in [6.45, 7) is 9.79. The van der Waals surface area contributed by atoms with E-state index in [9.17, 15) is 31.1 Å². The summed E-state index contributed by atoms with van der Waals surface area (Å²) in [7, 11) is 0. The Labute approximate surface area is 298 Å². The van der Waals surface area contributed by atoms with Gasteiger partial charge in [-0.05, 0) is 101 Å². The average molecular weight is 729 g/mol. The van der Waals surface area contributed by atoms with Crippen LogP contribution < -0.4 is 14.7 Å². The highest BCUT2D eigenvalue weighted by Gasteiger charge is 2.38. The van der Waals surface area contributed by atoms with Crippen molar-refractivity contribution >= 4 is 34.4 Å². The predicted octanol–water partition coefficient (Wildman–Crippen LogP) is 8.28. The molecule has 0 atom stereocenters. The summed E-state index contributed by atoms with van der Waals surface area (Å²) in [5.41, 5.74) is -0.718. The Hall–Kier alpha value is -4.43. The molecule has 0 bridgehead atoms. The van der Waals surface area contributed by atoms with E-state index in [0.29, 0.717) is 48.4 Å². The van der Waals surface area contributed by atoms with Gasteiger partial charge in [-0.3, -0.25) is 4.79 Å². The van der Waals surface area contributed by atoms with Gasteiger partial charge in [-0.25, -0.2) is 19.6 Å². The van der Waals surface area contributed by atoms with E-state index in [1.807, 2.05) is 38.4 Å². The maximum atomic E-state index is 13.9. The van der Waals surface area contributed by atoms with Gasteiger partial charge >= 0.3 is 12.4 Å². The minimum Gasteiger partial charge on any atom is -0.356 e. The highest BCUT2D eigenvalue weighted by atomic mass is 19.4. The second-order valence-electron chi connectivity index (χ2n) is 15.5. The predicted molar refractivity (Wildman–Crippen MR) is 185 cm³/mol. The number of hydrogen-bond donors (Lipinski definition) is 0. The van der Waals surface area contributed by atoms with Crippen LogP contribution in [0.15, 0.2) is 36.7 Å². The molecule has 3 fully saturated rings. The third-order valence-electron chi connectivity index (χ3n) is 9.86. The highest BCUT2D eigenvalue weighted by Crippen LogP contribution is 2.40. The summed E-state index contributed by atoms with van der Waals surface area (Å²) in [5, 5.41) is 5.62. The number of amides is 1. The van der Waals surface area contributed by atoms with Gasteiger partial charge in [-0.2, -0.15) is 31.4 Å².